The molecule has 84 valence electrons. The molecule has 0 radical (unpaired) electrons. The van der Waals surface area contributed by atoms with Gasteiger partial charge in [-0.15, -0.1) is 0 Å². The molecule has 2 N–H and O–H groups in total. The van der Waals surface area contributed by atoms with E-state index in [1.165, 1.54) is 0 Å². The van der Waals surface area contributed by atoms with Gasteiger partial charge in [0.25, 0.3) is 0 Å². The van der Waals surface area contributed by atoms with Crippen LogP contribution in [0.1, 0.15) is 25.7 Å². The van der Waals surface area contributed by atoms with Gasteiger partial charge in [-0.2, -0.15) is 0 Å². The number of carbonyl (C=O) groups excluding carboxylic acids is 1. The largest absolute Gasteiger partial charge is 0.445 e. The van der Waals surface area contributed by atoms with E-state index in [-0.39, 0.29) is 12.1 Å². The predicted molar refractivity (Wildman–Crippen MR) is 57.4 cm³/mol. The summed E-state index contributed by atoms with van der Waals surface area (Å²) in [6.45, 7) is 3.82. The average Bonchev–Trinajstić information content (AvgIpc) is 2.48. The number of hydrogen-bond acceptors (Lipinski definition) is 3. The van der Waals surface area contributed by atoms with Crippen LogP contribution in [0.5, 0.6) is 0 Å². The van der Waals surface area contributed by atoms with Crippen LogP contribution in [0.15, 0.2) is 12.7 Å². The fourth-order valence-corrected chi connectivity index (χ4v) is 2.72. The highest BCUT2D eigenvalue weighted by atomic mass is 16.6. The number of fused-ring (bicyclic) bond motifs is 2. The molecule has 2 aliphatic heterocycles. The Labute approximate surface area is 90.1 Å². The van der Waals surface area contributed by atoms with Crippen molar-refractivity contribution < 1.29 is 9.53 Å². The molecule has 2 saturated heterocycles. The number of hydrogen-bond donors (Lipinski definition) is 1. The molecular formula is C11H18N2O2. The average molecular weight is 210 g/mol. The molecule has 2 fully saturated rings. The van der Waals surface area contributed by atoms with Gasteiger partial charge in [0.1, 0.15) is 6.61 Å². The Kier molecular flexibility index (Phi) is 2.95. The Morgan fingerprint density at radius 2 is 2.07 bits per heavy atom. The summed E-state index contributed by atoms with van der Waals surface area (Å²) in [5.74, 6) is 0. The molecule has 0 aromatic heterocycles. The van der Waals surface area contributed by atoms with Crippen LogP contribution in [-0.4, -0.2) is 35.7 Å². The second-order valence-electron chi connectivity index (χ2n) is 4.39. The van der Waals surface area contributed by atoms with Gasteiger partial charge in [-0.3, -0.25) is 0 Å². The maximum atomic E-state index is 11.7. The van der Waals surface area contributed by atoms with Crippen molar-refractivity contribution in [3.05, 3.63) is 12.7 Å². The van der Waals surface area contributed by atoms with Gasteiger partial charge in [0.2, 0.25) is 0 Å². The zero-order chi connectivity index (χ0) is 10.8. The van der Waals surface area contributed by atoms with Crippen molar-refractivity contribution in [3.8, 4) is 0 Å². The van der Waals surface area contributed by atoms with Gasteiger partial charge in [-0.1, -0.05) is 12.7 Å². The molecule has 2 heterocycles. The minimum atomic E-state index is -0.200. The Morgan fingerprint density at radius 1 is 1.47 bits per heavy atom. The molecule has 4 heteroatoms. The van der Waals surface area contributed by atoms with E-state index in [2.05, 4.69) is 6.58 Å². The quantitative estimate of drug-likeness (QED) is 0.698. The van der Waals surface area contributed by atoms with Gasteiger partial charge in [0, 0.05) is 18.1 Å². The van der Waals surface area contributed by atoms with Crippen molar-refractivity contribution in [2.45, 2.75) is 43.8 Å². The van der Waals surface area contributed by atoms with Crippen molar-refractivity contribution in [1.29, 1.82) is 0 Å². The first-order chi connectivity index (χ1) is 7.22. The molecule has 2 rings (SSSR count). The van der Waals surface area contributed by atoms with E-state index in [0.29, 0.717) is 18.7 Å². The molecule has 4 nitrogen and oxygen atoms in total. The lowest BCUT2D eigenvalue weighted by Crippen LogP contribution is -2.50. The number of nitrogens with two attached hydrogens (primary N) is 1. The standard InChI is InChI=1S/C11H18N2O2/c1-2-5-15-11(14)13-9-3-4-10(13)7-8(12)6-9/h2,8-10H,1,3-7,12H2. The zero-order valence-electron chi connectivity index (χ0n) is 8.89. The van der Waals surface area contributed by atoms with Crippen molar-refractivity contribution in [2.24, 2.45) is 5.73 Å². The van der Waals surface area contributed by atoms with Crippen LogP contribution in [0.25, 0.3) is 0 Å². The van der Waals surface area contributed by atoms with Gasteiger partial charge in [-0.25, -0.2) is 4.79 Å². The first-order valence-electron chi connectivity index (χ1n) is 5.54. The Morgan fingerprint density at radius 3 is 2.60 bits per heavy atom. The van der Waals surface area contributed by atoms with Crippen LogP contribution < -0.4 is 5.73 Å². The van der Waals surface area contributed by atoms with Crippen LogP contribution in [0.4, 0.5) is 4.79 Å². The third-order valence-electron chi connectivity index (χ3n) is 3.31. The van der Waals surface area contributed by atoms with Crippen LogP contribution in [-0.2, 0) is 4.74 Å². The van der Waals surface area contributed by atoms with E-state index < -0.39 is 0 Å². The van der Waals surface area contributed by atoms with E-state index in [9.17, 15) is 4.79 Å². The third kappa shape index (κ3) is 2.00. The summed E-state index contributed by atoms with van der Waals surface area (Å²) < 4.78 is 5.07. The molecule has 0 aliphatic carbocycles. The third-order valence-corrected chi connectivity index (χ3v) is 3.31. The monoisotopic (exact) mass is 210 g/mol. The lowest BCUT2D eigenvalue weighted by atomic mass is 9.99. The normalized spacial score (nSPS) is 33.9. The van der Waals surface area contributed by atoms with Crippen LogP contribution in [0, 0.1) is 0 Å². The summed E-state index contributed by atoms with van der Waals surface area (Å²) >= 11 is 0. The highest BCUT2D eigenvalue weighted by Crippen LogP contribution is 2.35. The first-order valence-corrected chi connectivity index (χ1v) is 5.54. The minimum absolute atomic E-state index is 0.200. The Balaban J connectivity index is 1.98. The molecule has 2 unspecified atom stereocenters. The molecule has 0 aromatic rings. The first kappa shape index (κ1) is 10.5. The predicted octanol–water partition coefficient (Wildman–Crippen LogP) is 1.26. The maximum absolute atomic E-state index is 11.7. The van der Waals surface area contributed by atoms with Crippen molar-refractivity contribution in [3.63, 3.8) is 0 Å². The van der Waals surface area contributed by atoms with Crippen molar-refractivity contribution in [2.75, 3.05) is 6.61 Å². The van der Waals surface area contributed by atoms with E-state index in [1.54, 1.807) is 6.08 Å². The second kappa shape index (κ2) is 4.23. The van der Waals surface area contributed by atoms with E-state index in [4.69, 9.17) is 10.5 Å². The molecule has 1 amide bonds. The molecule has 2 bridgehead atoms. The van der Waals surface area contributed by atoms with Gasteiger partial charge in [0.05, 0.1) is 0 Å². The summed E-state index contributed by atoms with van der Waals surface area (Å²) in [7, 11) is 0. The Bertz CT molecular complexity index is 253. The highest BCUT2D eigenvalue weighted by Gasteiger charge is 2.42. The molecule has 2 atom stereocenters. The Hall–Kier alpha value is -1.03. The molecular weight excluding hydrogens is 192 g/mol. The van der Waals surface area contributed by atoms with E-state index in [1.807, 2.05) is 4.90 Å². The number of amides is 1. The zero-order valence-corrected chi connectivity index (χ0v) is 8.89. The topological polar surface area (TPSA) is 55.6 Å². The van der Waals surface area contributed by atoms with Crippen LogP contribution >= 0.6 is 0 Å². The molecule has 0 aromatic carbocycles. The number of carbonyl (C=O) groups is 1. The SMILES string of the molecule is C=CCOC(=O)N1C2CCC1CC(N)C2. The maximum Gasteiger partial charge on any atom is 0.410 e. The number of nitrogens with zero attached hydrogens (tertiary/aromatic N) is 1. The lowest BCUT2D eigenvalue weighted by molar-refractivity contribution is 0.0733. The lowest BCUT2D eigenvalue weighted by Gasteiger charge is -2.36. The number of piperidine rings is 1. The smallest absolute Gasteiger partial charge is 0.410 e. The van der Waals surface area contributed by atoms with Gasteiger partial charge >= 0.3 is 6.09 Å². The summed E-state index contributed by atoms with van der Waals surface area (Å²) in [4.78, 5) is 13.6. The molecule has 15 heavy (non-hydrogen) atoms. The number of rotatable bonds is 2. The molecule has 2 aliphatic rings. The second-order valence-corrected chi connectivity index (χ2v) is 4.39. The summed E-state index contributed by atoms with van der Waals surface area (Å²) in [6, 6.07) is 0.859. The minimum Gasteiger partial charge on any atom is -0.445 e. The van der Waals surface area contributed by atoms with Gasteiger partial charge in [-0.05, 0) is 25.7 Å². The van der Waals surface area contributed by atoms with Gasteiger partial charge < -0.3 is 15.4 Å². The van der Waals surface area contributed by atoms with Crippen LogP contribution in [0.2, 0.25) is 0 Å². The van der Waals surface area contributed by atoms with Crippen LogP contribution in [0.3, 0.4) is 0 Å². The highest BCUT2D eigenvalue weighted by molar-refractivity contribution is 5.69. The fraction of sp³-hybridized carbons (Fsp3) is 0.727. The van der Waals surface area contributed by atoms with Gasteiger partial charge in [0.15, 0.2) is 0 Å². The molecule has 0 saturated carbocycles. The summed E-state index contributed by atoms with van der Waals surface area (Å²) in [6.07, 6.45) is 5.37. The van der Waals surface area contributed by atoms with Crippen molar-refractivity contribution >= 4 is 6.09 Å². The summed E-state index contributed by atoms with van der Waals surface area (Å²) in [5, 5.41) is 0. The summed E-state index contributed by atoms with van der Waals surface area (Å²) in [5.41, 5.74) is 5.92. The number of ether oxygens (including phenoxy) is 1. The molecule has 0 spiro atoms. The van der Waals surface area contributed by atoms with E-state index >= 15 is 0 Å². The fourth-order valence-electron chi connectivity index (χ4n) is 2.72. The van der Waals surface area contributed by atoms with E-state index in [0.717, 1.165) is 25.7 Å². The van der Waals surface area contributed by atoms with Crippen molar-refractivity contribution in [1.82, 2.24) is 4.90 Å².